The number of hydrogen-bond donors (Lipinski definition) is 6. The van der Waals surface area contributed by atoms with Gasteiger partial charge < -0.3 is 36.2 Å². The summed E-state index contributed by atoms with van der Waals surface area (Å²) in [7, 11) is 4.69. The van der Waals surface area contributed by atoms with Crippen molar-refractivity contribution in [1.29, 1.82) is 0 Å². The Balaban J connectivity index is 1.69. The average molecular weight is 592 g/mol. The Labute approximate surface area is 249 Å². The number of nitrogens with zero attached hydrogens (tertiary/aromatic N) is 1. The Bertz CT molecular complexity index is 1590. The molecule has 0 saturated heterocycles. The van der Waals surface area contributed by atoms with Gasteiger partial charge in [-0.3, -0.25) is 19.3 Å². The van der Waals surface area contributed by atoms with E-state index >= 15 is 0 Å². The maximum absolute atomic E-state index is 14.1. The number of amides is 1. The summed E-state index contributed by atoms with van der Waals surface area (Å²) in [4.78, 5) is 41.1. The van der Waals surface area contributed by atoms with Crippen LogP contribution in [0.15, 0.2) is 47.2 Å². The third-order valence-electron chi connectivity index (χ3n) is 8.91. The number of ether oxygens (including phenoxy) is 1. The molecule has 0 spiro atoms. The van der Waals surface area contributed by atoms with Crippen LogP contribution >= 0.6 is 0 Å². The van der Waals surface area contributed by atoms with Crippen LogP contribution in [0.5, 0.6) is 11.5 Å². The topological polar surface area (TPSA) is 183 Å². The molecule has 1 saturated carbocycles. The first kappa shape index (κ1) is 30.3. The molecule has 0 unspecified atom stereocenters. The lowest BCUT2D eigenvalue weighted by Gasteiger charge is -2.50. The summed E-state index contributed by atoms with van der Waals surface area (Å²) in [5.41, 5.74) is 4.70. The molecule has 7 N–H and O–H groups in total. The highest BCUT2D eigenvalue weighted by Gasteiger charge is 2.64. The summed E-state index contributed by atoms with van der Waals surface area (Å²) in [5, 5.41) is 48.7. The average Bonchev–Trinajstić information content (AvgIpc) is 2.95. The van der Waals surface area contributed by atoms with Crippen molar-refractivity contribution >= 4 is 23.2 Å². The van der Waals surface area contributed by atoms with Crippen molar-refractivity contribution in [2.75, 3.05) is 27.7 Å². The van der Waals surface area contributed by atoms with Crippen LogP contribution in [0.4, 0.5) is 0 Å². The smallest absolute Gasteiger partial charge is 0.255 e. The number of nitrogens with one attached hydrogen (secondary N) is 1. The minimum absolute atomic E-state index is 0.0129. The first-order valence-corrected chi connectivity index (χ1v) is 14.3. The molecule has 1 amide bonds. The van der Waals surface area contributed by atoms with E-state index in [-0.39, 0.29) is 29.7 Å². The normalized spacial score (nSPS) is 25.0. The molecule has 228 valence electrons. The van der Waals surface area contributed by atoms with Gasteiger partial charge in [0.1, 0.15) is 28.6 Å². The van der Waals surface area contributed by atoms with Crippen molar-refractivity contribution in [1.82, 2.24) is 10.2 Å². The lowest BCUT2D eigenvalue weighted by atomic mass is 9.57. The van der Waals surface area contributed by atoms with E-state index in [1.54, 1.807) is 27.3 Å². The molecule has 43 heavy (non-hydrogen) atoms. The zero-order valence-electron chi connectivity index (χ0n) is 24.6. The van der Waals surface area contributed by atoms with Crippen LogP contribution in [0.25, 0.3) is 16.9 Å². The van der Waals surface area contributed by atoms with Gasteiger partial charge in [-0.1, -0.05) is 19.1 Å². The molecule has 2 aromatic rings. The number of phenolic OH excluding ortho intramolecular Hbond substituents is 1. The van der Waals surface area contributed by atoms with Crippen LogP contribution in [-0.4, -0.2) is 82.2 Å². The molecular weight excluding hydrogens is 554 g/mol. The van der Waals surface area contributed by atoms with E-state index in [1.807, 2.05) is 18.2 Å². The molecular formula is C32H37N3O8. The number of rotatable bonds is 8. The van der Waals surface area contributed by atoms with Crippen LogP contribution < -0.4 is 15.8 Å². The molecule has 11 nitrogen and oxygen atoms in total. The summed E-state index contributed by atoms with van der Waals surface area (Å²) >= 11 is 0. The van der Waals surface area contributed by atoms with Gasteiger partial charge in [0.25, 0.3) is 5.91 Å². The fourth-order valence-corrected chi connectivity index (χ4v) is 6.98. The second-order valence-electron chi connectivity index (χ2n) is 11.7. The Morgan fingerprint density at radius 2 is 1.86 bits per heavy atom. The van der Waals surface area contributed by atoms with E-state index in [0.29, 0.717) is 23.4 Å². The standard InChI is InChI=1S/C32H37N3O8/c1-5-10-34-14-15-6-9-22(43-4)18(11-15)17-7-8-21(36)24-19(17)12-16-13-20-26(35(2)3)28(38)25(31(33)41)30(40)32(20,42)29(39)23(16)27(24)37/h6-9,11,16,20,26,34,36-37,40,42H,5,10,12-14H2,1-4H3,(H2,33,41)/t16-,20-,26-,32-/m0/s1. The summed E-state index contributed by atoms with van der Waals surface area (Å²) in [6, 6.07) is 7.79. The zero-order chi connectivity index (χ0) is 31.4. The fraction of sp³-hybridized carbons (Fsp3) is 0.406. The lowest BCUT2D eigenvalue weighted by molar-refractivity contribution is -0.153. The number of nitrogens with two attached hydrogens (primary N) is 1. The van der Waals surface area contributed by atoms with E-state index in [9.17, 15) is 34.8 Å². The first-order chi connectivity index (χ1) is 20.4. The van der Waals surface area contributed by atoms with E-state index < -0.39 is 58.0 Å². The summed E-state index contributed by atoms with van der Waals surface area (Å²) in [5.74, 6) is -6.26. The minimum atomic E-state index is -2.68. The molecule has 1 fully saturated rings. The summed E-state index contributed by atoms with van der Waals surface area (Å²) in [6.45, 7) is 3.56. The van der Waals surface area contributed by atoms with Crippen molar-refractivity contribution in [3.8, 4) is 22.6 Å². The maximum Gasteiger partial charge on any atom is 0.255 e. The zero-order valence-corrected chi connectivity index (χ0v) is 24.6. The lowest BCUT2D eigenvalue weighted by Crippen LogP contribution is -2.65. The third-order valence-corrected chi connectivity index (χ3v) is 8.91. The number of likely N-dealkylation sites (N-methyl/N-ethyl adjacent to an activating group) is 1. The van der Waals surface area contributed by atoms with Gasteiger partial charge >= 0.3 is 0 Å². The molecule has 0 heterocycles. The molecule has 11 heteroatoms. The van der Waals surface area contributed by atoms with Crippen molar-refractivity contribution in [2.24, 2.45) is 17.6 Å². The quantitative estimate of drug-likeness (QED) is 0.196. The highest BCUT2D eigenvalue weighted by Crippen LogP contribution is 2.54. The van der Waals surface area contributed by atoms with E-state index in [4.69, 9.17) is 10.5 Å². The predicted molar refractivity (Wildman–Crippen MR) is 158 cm³/mol. The van der Waals surface area contributed by atoms with Crippen LogP contribution in [-0.2, 0) is 27.3 Å². The van der Waals surface area contributed by atoms with Gasteiger partial charge in [0.05, 0.1) is 18.7 Å². The van der Waals surface area contributed by atoms with Gasteiger partial charge in [-0.25, -0.2) is 0 Å². The van der Waals surface area contributed by atoms with Gasteiger partial charge in [-0.2, -0.15) is 0 Å². The molecule has 0 radical (unpaired) electrons. The number of primary amides is 1. The fourth-order valence-electron chi connectivity index (χ4n) is 6.98. The summed E-state index contributed by atoms with van der Waals surface area (Å²) < 4.78 is 5.67. The van der Waals surface area contributed by atoms with Crippen LogP contribution in [0.3, 0.4) is 0 Å². The monoisotopic (exact) mass is 591 g/mol. The minimum Gasteiger partial charge on any atom is -0.508 e. The number of benzene rings is 2. The molecule has 5 rings (SSSR count). The molecule has 0 aromatic heterocycles. The van der Waals surface area contributed by atoms with Gasteiger partial charge in [0.2, 0.25) is 5.78 Å². The molecule has 2 aromatic carbocycles. The first-order valence-electron chi connectivity index (χ1n) is 14.3. The number of fused-ring (bicyclic) bond motifs is 3. The highest BCUT2D eigenvalue weighted by atomic mass is 16.5. The van der Waals surface area contributed by atoms with Crippen molar-refractivity contribution < 1.29 is 39.5 Å². The number of hydrogen-bond acceptors (Lipinski definition) is 10. The SMILES string of the molecule is CCCNCc1ccc(OC)c(-c2ccc(O)c3c2C[C@H]2C[C@H]4[C@H](N(C)C)C(=O)C(C(N)=O)=C(O)[C@@]4(O)C(=O)C2=C3O)c1. The number of ketones is 2. The number of aliphatic hydroxyl groups excluding tert-OH is 2. The Kier molecular flexibility index (Phi) is 7.84. The van der Waals surface area contributed by atoms with Gasteiger partial charge in [0.15, 0.2) is 11.4 Å². The van der Waals surface area contributed by atoms with Gasteiger partial charge in [-0.05, 0) is 80.7 Å². The predicted octanol–water partition coefficient (Wildman–Crippen LogP) is 2.14. The maximum atomic E-state index is 14.1. The van der Waals surface area contributed by atoms with Crippen molar-refractivity contribution in [2.45, 2.75) is 44.4 Å². The summed E-state index contributed by atoms with van der Waals surface area (Å²) in [6.07, 6.45) is 1.18. The molecule has 4 atom stereocenters. The largest absolute Gasteiger partial charge is 0.508 e. The Morgan fingerprint density at radius 1 is 1.14 bits per heavy atom. The van der Waals surface area contributed by atoms with Crippen LogP contribution in [0, 0.1) is 11.8 Å². The van der Waals surface area contributed by atoms with Crippen LogP contribution in [0.1, 0.15) is 36.5 Å². The van der Waals surface area contributed by atoms with E-state index in [0.717, 1.165) is 24.1 Å². The van der Waals surface area contributed by atoms with Gasteiger partial charge in [0, 0.05) is 23.6 Å². The molecule has 0 aliphatic heterocycles. The van der Waals surface area contributed by atoms with Gasteiger partial charge in [-0.15, -0.1) is 0 Å². The van der Waals surface area contributed by atoms with E-state index in [1.165, 1.54) is 11.0 Å². The molecule has 0 bridgehead atoms. The van der Waals surface area contributed by atoms with Crippen molar-refractivity contribution in [3.63, 3.8) is 0 Å². The number of phenols is 1. The molecule has 3 aliphatic carbocycles. The van der Waals surface area contributed by atoms with E-state index in [2.05, 4.69) is 12.2 Å². The number of methoxy groups -OCH3 is 1. The third kappa shape index (κ3) is 4.59. The molecule has 3 aliphatic rings. The highest BCUT2D eigenvalue weighted by molar-refractivity contribution is 6.24. The van der Waals surface area contributed by atoms with Crippen LogP contribution in [0.2, 0.25) is 0 Å². The second-order valence-corrected chi connectivity index (χ2v) is 11.7. The second kappa shape index (κ2) is 11.1. The number of carbonyl (C=O) groups is 3. The number of Topliss-reactive ketones (excluding diaryl/α,β-unsaturated/α-hetero) is 2. The van der Waals surface area contributed by atoms with Crippen molar-refractivity contribution in [3.05, 3.63) is 63.9 Å². The Morgan fingerprint density at radius 3 is 2.49 bits per heavy atom. The number of aromatic hydroxyl groups is 1. The Hall–Kier alpha value is -4.19. The number of carbonyl (C=O) groups excluding carboxylic acids is 3. The number of aliphatic hydroxyl groups is 3.